The number of hydrogen-bond donors (Lipinski definition) is 2. The number of carboxylic acids is 2. The number of carbonyl (C=O) groups is 2. The molecule has 46 heavy (non-hydrogen) atoms. The number of halogens is 2. The number of ether oxygens (including phenoxy) is 4. The molecule has 4 aromatic carbocycles. The molecule has 0 unspecified atom stereocenters. The molecule has 2 aliphatic rings. The molecule has 0 aliphatic carbocycles. The van der Waals surface area contributed by atoms with Crippen molar-refractivity contribution in [3.8, 4) is 23.0 Å². The molecule has 16 heteroatoms. The number of fused-ring (bicyclic) bond motifs is 3. The Hall–Kier alpha value is -4.24. The Morgan fingerprint density at radius 1 is 0.717 bits per heavy atom. The van der Waals surface area contributed by atoms with Gasteiger partial charge < -0.3 is 33.5 Å². The number of anilines is 2. The second-order valence-electron chi connectivity index (χ2n) is 9.93. The summed E-state index contributed by atoms with van der Waals surface area (Å²) in [6.07, 6.45) is 0. The monoisotopic (exact) mass is 706 g/mol. The van der Waals surface area contributed by atoms with Gasteiger partial charge in [-0.2, -0.15) is 0 Å². The van der Waals surface area contributed by atoms with Gasteiger partial charge in [0, 0.05) is 35.0 Å². The zero-order valence-corrected chi connectivity index (χ0v) is 26.8. The van der Waals surface area contributed by atoms with E-state index in [1.165, 1.54) is 28.6 Å². The first-order valence-corrected chi connectivity index (χ1v) is 16.6. The summed E-state index contributed by atoms with van der Waals surface area (Å²) in [6, 6.07) is 15.4. The van der Waals surface area contributed by atoms with Crippen molar-refractivity contribution in [2.24, 2.45) is 0 Å². The number of aliphatic carboxylic acids is 2. The molecule has 0 saturated heterocycles. The number of carboxylic acid groups (broad SMARTS) is 2. The van der Waals surface area contributed by atoms with E-state index in [4.69, 9.17) is 42.1 Å². The quantitative estimate of drug-likeness (QED) is 0.198. The van der Waals surface area contributed by atoms with E-state index >= 15 is 0 Å². The molecule has 0 fully saturated rings. The highest BCUT2D eigenvalue weighted by atomic mass is 35.5. The van der Waals surface area contributed by atoms with Gasteiger partial charge >= 0.3 is 11.9 Å². The highest BCUT2D eigenvalue weighted by molar-refractivity contribution is 8.00. The number of rotatable bonds is 10. The molecule has 2 heterocycles. The fraction of sp³-hybridized carbons (Fsp3) is 0.200. The molecule has 240 valence electrons. The number of benzene rings is 4. The van der Waals surface area contributed by atoms with E-state index < -0.39 is 35.1 Å². The zero-order valence-electron chi connectivity index (χ0n) is 23.6. The predicted molar refractivity (Wildman–Crippen MR) is 172 cm³/mol. The van der Waals surface area contributed by atoms with Gasteiger partial charge in [-0.15, -0.1) is 0 Å². The summed E-state index contributed by atoms with van der Waals surface area (Å²) in [7, 11) is -4.59. The van der Waals surface area contributed by atoms with Gasteiger partial charge in [0.05, 0.1) is 26.3 Å². The Bertz CT molecular complexity index is 1980. The van der Waals surface area contributed by atoms with Crippen LogP contribution in [0.3, 0.4) is 0 Å². The Morgan fingerprint density at radius 2 is 1.22 bits per heavy atom. The maximum atomic E-state index is 14.1. The first-order chi connectivity index (χ1) is 22.0. The van der Waals surface area contributed by atoms with Gasteiger partial charge in [0.2, 0.25) is 0 Å². The van der Waals surface area contributed by atoms with E-state index in [0.29, 0.717) is 51.1 Å². The van der Waals surface area contributed by atoms with E-state index in [-0.39, 0.29) is 40.3 Å². The van der Waals surface area contributed by atoms with Gasteiger partial charge in [-0.05, 0) is 24.1 Å². The largest absolute Gasteiger partial charge is 0.486 e. The summed E-state index contributed by atoms with van der Waals surface area (Å²) in [5.41, 5.74) is 0.438. The fourth-order valence-electron chi connectivity index (χ4n) is 5.01. The van der Waals surface area contributed by atoms with Gasteiger partial charge in [0.15, 0.2) is 23.0 Å². The molecule has 2 aliphatic heterocycles. The lowest BCUT2D eigenvalue weighted by Crippen LogP contribution is -2.36. The summed E-state index contributed by atoms with van der Waals surface area (Å²) >= 11 is 14.0. The molecule has 2 N–H and O–H groups in total. The van der Waals surface area contributed by atoms with Crippen LogP contribution in [-0.2, 0) is 19.6 Å². The third-order valence-electron chi connectivity index (χ3n) is 6.94. The molecule has 0 bridgehead atoms. The van der Waals surface area contributed by atoms with Crippen LogP contribution in [0.2, 0.25) is 10.0 Å². The standard InChI is InChI=1S/C30H24Cl2N2O10S2/c31-19-11-23-25(43-9-7-41-23)13-27(19)45-33(15-29(35)36)21-5-6-22(18-4-2-1-3-17(18)21)34(16-30(37)38)46(39,40)28-14-26-24(12-20(28)32)42-8-10-44-26/h1-6,11-14H,7-10,15-16H2,(H,35,36)(H,37,38). The van der Waals surface area contributed by atoms with Crippen molar-refractivity contribution in [2.45, 2.75) is 9.79 Å². The lowest BCUT2D eigenvalue weighted by Gasteiger charge is -2.28. The molecule has 12 nitrogen and oxygen atoms in total. The first kappa shape index (κ1) is 31.7. The summed E-state index contributed by atoms with van der Waals surface area (Å²) in [6.45, 7) is -0.233. The van der Waals surface area contributed by atoms with Crippen LogP contribution in [-0.4, -0.2) is 70.1 Å². The zero-order chi connectivity index (χ0) is 32.6. The molecular weight excluding hydrogens is 683 g/mol. The topological polar surface area (TPSA) is 152 Å². The molecule has 6 rings (SSSR count). The summed E-state index contributed by atoms with van der Waals surface area (Å²) in [5, 5.41) is 20.5. The number of nitrogens with zero attached hydrogens (tertiary/aromatic N) is 2. The minimum Gasteiger partial charge on any atom is -0.486 e. The maximum Gasteiger partial charge on any atom is 0.324 e. The minimum absolute atomic E-state index is 0.0327. The van der Waals surface area contributed by atoms with Crippen LogP contribution < -0.4 is 27.6 Å². The number of hydrogen-bond acceptors (Lipinski definition) is 10. The second-order valence-corrected chi connectivity index (χ2v) is 13.6. The molecular formula is C30H24Cl2N2O10S2. The SMILES string of the molecule is O=C(O)CN(Sc1cc2c(cc1Cl)OCCO2)c1ccc(N(CC(=O)O)S(=O)(=O)c2cc3c(cc2Cl)OCCO3)c2ccccc12. The van der Waals surface area contributed by atoms with Crippen molar-refractivity contribution in [1.82, 2.24) is 0 Å². The predicted octanol–water partition coefficient (Wildman–Crippen LogP) is 5.57. The van der Waals surface area contributed by atoms with Crippen LogP contribution in [0.5, 0.6) is 23.0 Å². The Morgan fingerprint density at radius 3 is 1.80 bits per heavy atom. The average molecular weight is 708 g/mol. The lowest BCUT2D eigenvalue weighted by molar-refractivity contribution is -0.136. The lowest BCUT2D eigenvalue weighted by atomic mass is 10.1. The smallest absolute Gasteiger partial charge is 0.324 e. The Balaban J connectivity index is 1.46. The molecule has 0 saturated carbocycles. The molecule has 4 aromatic rings. The van der Waals surface area contributed by atoms with E-state index in [0.717, 1.165) is 16.3 Å². The highest BCUT2D eigenvalue weighted by Crippen LogP contribution is 2.45. The van der Waals surface area contributed by atoms with Crippen molar-refractivity contribution in [3.63, 3.8) is 0 Å². The maximum absolute atomic E-state index is 14.1. The highest BCUT2D eigenvalue weighted by Gasteiger charge is 2.33. The molecule has 0 atom stereocenters. The van der Waals surface area contributed by atoms with Crippen molar-refractivity contribution in [1.29, 1.82) is 0 Å². The van der Waals surface area contributed by atoms with Crippen LogP contribution in [0.25, 0.3) is 10.8 Å². The normalized spacial score (nSPS) is 13.7. The summed E-state index contributed by atoms with van der Waals surface area (Å²) in [5.74, 6) is -1.20. The van der Waals surface area contributed by atoms with Crippen LogP contribution in [0.4, 0.5) is 11.4 Å². The molecule has 0 radical (unpaired) electrons. The van der Waals surface area contributed by atoms with Crippen molar-refractivity contribution in [2.75, 3.05) is 48.1 Å². The van der Waals surface area contributed by atoms with Gasteiger partial charge in [-0.3, -0.25) is 13.9 Å². The van der Waals surface area contributed by atoms with Gasteiger partial charge in [0.25, 0.3) is 10.0 Å². The van der Waals surface area contributed by atoms with E-state index in [2.05, 4.69) is 0 Å². The van der Waals surface area contributed by atoms with E-state index in [1.807, 2.05) is 0 Å². The van der Waals surface area contributed by atoms with E-state index in [9.17, 15) is 28.2 Å². The molecule has 0 aromatic heterocycles. The third-order valence-corrected chi connectivity index (χ3v) is 10.7. The first-order valence-electron chi connectivity index (χ1n) is 13.6. The van der Waals surface area contributed by atoms with Crippen molar-refractivity contribution in [3.05, 3.63) is 70.7 Å². The molecule has 0 amide bonds. The van der Waals surface area contributed by atoms with Crippen LogP contribution in [0, 0.1) is 0 Å². The molecule has 0 spiro atoms. The van der Waals surface area contributed by atoms with Crippen LogP contribution in [0.15, 0.2) is 70.5 Å². The fourth-order valence-corrected chi connectivity index (χ4v) is 8.19. The summed E-state index contributed by atoms with van der Waals surface area (Å²) in [4.78, 5) is 24.2. The van der Waals surface area contributed by atoms with Gasteiger partial charge in [0.1, 0.15) is 44.4 Å². The van der Waals surface area contributed by atoms with E-state index in [1.54, 1.807) is 36.4 Å². The van der Waals surface area contributed by atoms with Crippen LogP contribution in [0.1, 0.15) is 0 Å². The Kier molecular flexibility index (Phi) is 8.88. The van der Waals surface area contributed by atoms with Gasteiger partial charge in [-0.1, -0.05) is 47.5 Å². The summed E-state index contributed by atoms with van der Waals surface area (Å²) < 4.78 is 52.8. The number of sulfonamides is 1. The van der Waals surface area contributed by atoms with Crippen LogP contribution >= 0.6 is 35.1 Å². The Labute approximate surface area is 277 Å². The van der Waals surface area contributed by atoms with Gasteiger partial charge in [-0.25, -0.2) is 8.42 Å². The average Bonchev–Trinajstić information content (AvgIpc) is 3.02. The van der Waals surface area contributed by atoms with Crippen molar-refractivity contribution < 1.29 is 47.2 Å². The minimum atomic E-state index is -4.59. The third kappa shape index (κ3) is 6.25. The second kappa shape index (κ2) is 12.9. The van der Waals surface area contributed by atoms with Crippen molar-refractivity contribution >= 4 is 79.3 Å².